The quantitative estimate of drug-likeness (QED) is 0.816. The minimum Gasteiger partial charge on any atom is -0.368 e. The first kappa shape index (κ1) is 8.52. The summed E-state index contributed by atoms with van der Waals surface area (Å²) < 4.78 is 2.49. The van der Waals surface area contributed by atoms with Gasteiger partial charge in [0.2, 0.25) is 5.91 Å². The number of thiophene rings is 2. The summed E-state index contributed by atoms with van der Waals surface area (Å²) in [7, 11) is 0. The molecule has 0 unspecified atom stereocenters. The van der Waals surface area contributed by atoms with Crippen molar-refractivity contribution in [1.82, 2.24) is 0 Å². The molecule has 0 aliphatic carbocycles. The summed E-state index contributed by atoms with van der Waals surface area (Å²) in [4.78, 5) is 10.5. The van der Waals surface area contributed by atoms with Gasteiger partial charge in [-0.2, -0.15) is 0 Å². The summed E-state index contributed by atoms with van der Waals surface area (Å²) in [6, 6.07) is 4.10. The molecule has 0 bridgehead atoms. The second-order valence-electron chi connectivity index (χ2n) is 2.58. The highest BCUT2D eigenvalue weighted by molar-refractivity contribution is 7.29. The monoisotopic (exact) mass is 212 g/mol. The predicted octanol–water partition coefficient (Wildman–Crippen LogP) is 1.86. The number of anilines is 1. The Balaban J connectivity index is 2.15. The molecule has 3 nitrogen and oxygen atoms in total. The number of hydrogen-bond acceptors (Lipinski definition) is 4. The molecule has 5 heteroatoms. The van der Waals surface area contributed by atoms with Crippen LogP contribution >= 0.6 is 22.7 Å². The number of carbonyl (C=O) groups is 1. The van der Waals surface area contributed by atoms with Crippen LogP contribution in [0.5, 0.6) is 0 Å². The lowest BCUT2D eigenvalue weighted by Gasteiger charge is -1.96. The van der Waals surface area contributed by atoms with E-state index in [-0.39, 0.29) is 12.5 Å². The Hall–Kier alpha value is -1.07. The third-order valence-corrected chi connectivity index (χ3v) is 3.63. The van der Waals surface area contributed by atoms with Crippen LogP contribution < -0.4 is 11.1 Å². The van der Waals surface area contributed by atoms with Gasteiger partial charge in [0.25, 0.3) is 0 Å². The van der Waals surface area contributed by atoms with Gasteiger partial charge in [-0.15, -0.1) is 22.7 Å². The number of nitrogens with one attached hydrogen (secondary N) is 1. The van der Waals surface area contributed by atoms with Gasteiger partial charge in [0, 0.05) is 9.40 Å². The van der Waals surface area contributed by atoms with Gasteiger partial charge in [-0.05, 0) is 17.5 Å². The van der Waals surface area contributed by atoms with Gasteiger partial charge in [0.15, 0.2) is 0 Å². The van der Waals surface area contributed by atoms with E-state index in [4.69, 9.17) is 5.73 Å². The van der Waals surface area contributed by atoms with E-state index in [9.17, 15) is 4.79 Å². The third kappa shape index (κ3) is 1.81. The third-order valence-electron chi connectivity index (χ3n) is 1.58. The van der Waals surface area contributed by atoms with Crippen molar-refractivity contribution >= 4 is 43.0 Å². The Labute approximate surface area is 83.2 Å². The van der Waals surface area contributed by atoms with Crippen LogP contribution in [0.3, 0.4) is 0 Å². The van der Waals surface area contributed by atoms with E-state index in [1.165, 1.54) is 9.40 Å². The van der Waals surface area contributed by atoms with E-state index in [2.05, 4.69) is 16.8 Å². The van der Waals surface area contributed by atoms with Crippen LogP contribution in [0.1, 0.15) is 0 Å². The fourth-order valence-electron chi connectivity index (χ4n) is 1.03. The highest BCUT2D eigenvalue weighted by atomic mass is 32.1. The number of amides is 1. The molecule has 2 aromatic rings. The normalized spacial score (nSPS) is 10.5. The maximum atomic E-state index is 10.5. The molecule has 0 radical (unpaired) electrons. The van der Waals surface area contributed by atoms with Gasteiger partial charge in [0.1, 0.15) is 0 Å². The molecule has 68 valence electrons. The number of carbonyl (C=O) groups excluding carboxylic acids is 1. The first-order chi connectivity index (χ1) is 6.25. The first-order valence-electron chi connectivity index (χ1n) is 3.75. The van der Waals surface area contributed by atoms with Crippen molar-refractivity contribution in [2.45, 2.75) is 0 Å². The molecule has 0 aromatic carbocycles. The van der Waals surface area contributed by atoms with Gasteiger partial charge in [-0.25, -0.2) is 0 Å². The molecular formula is C8H8N2OS2. The van der Waals surface area contributed by atoms with Crippen molar-refractivity contribution in [3.8, 4) is 0 Å². The Morgan fingerprint density at radius 2 is 2.38 bits per heavy atom. The fourth-order valence-corrected chi connectivity index (χ4v) is 3.03. The van der Waals surface area contributed by atoms with E-state index in [1.54, 1.807) is 22.7 Å². The molecule has 2 heterocycles. The molecule has 0 saturated heterocycles. The number of primary amides is 1. The van der Waals surface area contributed by atoms with Crippen LogP contribution in [-0.4, -0.2) is 12.5 Å². The summed E-state index contributed by atoms with van der Waals surface area (Å²) in [6.07, 6.45) is 0. The van der Waals surface area contributed by atoms with E-state index < -0.39 is 0 Å². The van der Waals surface area contributed by atoms with Gasteiger partial charge in [0.05, 0.1) is 11.5 Å². The molecular weight excluding hydrogens is 204 g/mol. The molecule has 13 heavy (non-hydrogen) atoms. The van der Waals surface area contributed by atoms with Crippen LogP contribution in [0.15, 0.2) is 17.5 Å². The summed E-state index contributed by atoms with van der Waals surface area (Å²) in [5.74, 6) is -0.336. The van der Waals surface area contributed by atoms with Crippen LogP contribution in [0.4, 0.5) is 5.00 Å². The zero-order chi connectivity index (χ0) is 9.26. The van der Waals surface area contributed by atoms with Crippen molar-refractivity contribution < 1.29 is 4.79 Å². The minimum atomic E-state index is -0.336. The molecule has 0 saturated carbocycles. The van der Waals surface area contributed by atoms with E-state index in [1.807, 2.05) is 6.07 Å². The second-order valence-corrected chi connectivity index (χ2v) is 4.61. The number of nitrogens with two attached hydrogens (primary N) is 1. The summed E-state index contributed by atoms with van der Waals surface area (Å²) >= 11 is 3.33. The molecule has 0 aliphatic heterocycles. The largest absolute Gasteiger partial charge is 0.368 e. The number of hydrogen-bond donors (Lipinski definition) is 2. The highest BCUT2D eigenvalue weighted by Gasteiger charge is 2.02. The van der Waals surface area contributed by atoms with E-state index in [0.717, 1.165) is 5.00 Å². The SMILES string of the molecule is NC(=O)CNc1cc2sccc2s1. The average molecular weight is 212 g/mol. The molecule has 1 amide bonds. The standard InChI is InChI=1S/C8H8N2OS2/c9-7(11)4-10-8-3-6-5(13-8)1-2-12-6/h1-3,10H,4H2,(H2,9,11). The smallest absolute Gasteiger partial charge is 0.236 e. The van der Waals surface area contributed by atoms with Gasteiger partial charge < -0.3 is 11.1 Å². The van der Waals surface area contributed by atoms with Crippen molar-refractivity contribution in [1.29, 1.82) is 0 Å². The Morgan fingerprint density at radius 3 is 3.08 bits per heavy atom. The average Bonchev–Trinajstić information content (AvgIpc) is 2.58. The van der Waals surface area contributed by atoms with Gasteiger partial charge in [-0.3, -0.25) is 4.79 Å². The predicted molar refractivity (Wildman–Crippen MR) is 57.4 cm³/mol. The second kappa shape index (κ2) is 3.35. The lowest BCUT2D eigenvalue weighted by atomic mass is 10.5. The number of fused-ring (bicyclic) bond motifs is 1. The zero-order valence-corrected chi connectivity index (χ0v) is 8.37. The summed E-state index contributed by atoms with van der Waals surface area (Å²) in [5, 5.41) is 6.03. The number of rotatable bonds is 3. The van der Waals surface area contributed by atoms with Crippen molar-refractivity contribution in [3.05, 3.63) is 17.5 Å². The molecule has 0 spiro atoms. The van der Waals surface area contributed by atoms with E-state index in [0.29, 0.717) is 0 Å². The lowest BCUT2D eigenvalue weighted by Crippen LogP contribution is -2.21. The van der Waals surface area contributed by atoms with Crippen molar-refractivity contribution in [3.63, 3.8) is 0 Å². The molecule has 0 atom stereocenters. The van der Waals surface area contributed by atoms with Crippen molar-refractivity contribution in [2.24, 2.45) is 5.73 Å². The topological polar surface area (TPSA) is 55.1 Å². The molecule has 0 fully saturated rings. The maximum Gasteiger partial charge on any atom is 0.236 e. The maximum absolute atomic E-state index is 10.5. The summed E-state index contributed by atoms with van der Waals surface area (Å²) in [5.41, 5.74) is 5.02. The highest BCUT2D eigenvalue weighted by Crippen LogP contribution is 2.33. The molecule has 2 aromatic heterocycles. The van der Waals surface area contributed by atoms with Crippen LogP contribution in [0.2, 0.25) is 0 Å². The van der Waals surface area contributed by atoms with Crippen LogP contribution in [0.25, 0.3) is 9.40 Å². The Morgan fingerprint density at radius 1 is 1.54 bits per heavy atom. The van der Waals surface area contributed by atoms with Gasteiger partial charge in [-0.1, -0.05) is 0 Å². The lowest BCUT2D eigenvalue weighted by molar-refractivity contribution is -0.116. The van der Waals surface area contributed by atoms with E-state index >= 15 is 0 Å². The molecule has 0 aliphatic rings. The molecule has 3 N–H and O–H groups in total. The Kier molecular flexibility index (Phi) is 2.20. The van der Waals surface area contributed by atoms with Gasteiger partial charge >= 0.3 is 0 Å². The molecule has 2 rings (SSSR count). The first-order valence-corrected chi connectivity index (χ1v) is 5.44. The van der Waals surface area contributed by atoms with Crippen molar-refractivity contribution in [2.75, 3.05) is 11.9 Å². The fraction of sp³-hybridized carbons (Fsp3) is 0.125. The zero-order valence-electron chi connectivity index (χ0n) is 6.74. The Bertz CT molecular complexity index is 403. The van der Waals surface area contributed by atoms with Crippen LogP contribution in [-0.2, 0) is 4.79 Å². The van der Waals surface area contributed by atoms with Crippen LogP contribution in [0, 0.1) is 0 Å². The summed E-state index contributed by atoms with van der Waals surface area (Å²) in [6.45, 7) is 0.202. The minimum absolute atomic E-state index is 0.202.